The average molecular weight is 238 g/mol. The normalized spacial score (nSPS) is 12.9. The van der Waals surface area contributed by atoms with Crippen molar-refractivity contribution in [1.82, 2.24) is 0 Å². The van der Waals surface area contributed by atoms with E-state index in [9.17, 15) is 9.59 Å². The van der Waals surface area contributed by atoms with Crippen LogP contribution in [0, 0.1) is 0 Å². The molecule has 0 saturated carbocycles. The Morgan fingerprint density at radius 3 is 2.67 bits per heavy atom. The molecule has 2 aromatic carbocycles. The van der Waals surface area contributed by atoms with Crippen molar-refractivity contribution in [3.63, 3.8) is 0 Å². The van der Waals surface area contributed by atoms with Gasteiger partial charge in [0.1, 0.15) is 6.29 Å². The highest BCUT2D eigenvalue weighted by Crippen LogP contribution is 2.33. The molecule has 0 heterocycles. The van der Waals surface area contributed by atoms with Crippen molar-refractivity contribution < 1.29 is 9.59 Å². The third-order valence-electron chi connectivity index (χ3n) is 3.67. The molecule has 0 bridgehead atoms. The molecule has 2 heteroatoms. The van der Waals surface area contributed by atoms with Gasteiger partial charge in [0.2, 0.25) is 0 Å². The standard InChI is InChI=1S/C16H14O2/c17-10-2-5-15(18)13-9-8-12-7-6-11-3-1-4-14(13)16(11)12/h1,3-4,8-10H,2,5-7H2. The molecule has 90 valence electrons. The van der Waals surface area contributed by atoms with Crippen LogP contribution in [-0.2, 0) is 17.6 Å². The summed E-state index contributed by atoms with van der Waals surface area (Å²) in [5.41, 5.74) is 3.44. The molecule has 0 radical (unpaired) electrons. The molecule has 0 saturated heterocycles. The summed E-state index contributed by atoms with van der Waals surface area (Å²) in [6, 6.07) is 10.1. The minimum Gasteiger partial charge on any atom is -0.303 e. The predicted molar refractivity (Wildman–Crippen MR) is 71.0 cm³/mol. The maximum absolute atomic E-state index is 12.1. The Balaban J connectivity index is 2.14. The van der Waals surface area contributed by atoms with Gasteiger partial charge in [0.15, 0.2) is 5.78 Å². The van der Waals surface area contributed by atoms with Crippen LogP contribution in [-0.4, -0.2) is 12.1 Å². The van der Waals surface area contributed by atoms with Gasteiger partial charge in [0.05, 0.1) is 0 Å². The van der Waals surface area contributed by atoms with Crippen LogP contribution in [0.25, 0.3) is 10.8 Å². The smallest absolute Gasteiger partial charge is 0.163 e. The van der Waals surface area contributed by atoms with Crippen molar-refractivity contribution in [3.8, 4) is 0 Å². The van der Waals surface area contributed by atoms with E-state index in [1.165, 1.54) is 16.5 Å². The van der Waals surface area contributed by atoms with Gasteiger partial charge >= 0.3 is 0 Å². The second-order valence-electron chi connectivity index (χ2n) is 4.74. The van der Waals surface area contributed by atoms with Crippen molar-refractivity contribution in [2.24, 2.45) is 0 Å². The van der Waals surface area contributed by atoms with Gasteiger partial charge in [-0.1, -0.05) is 30.3 Å². The SMILES string of the molecule is O=CCCC(=O)c1ccc2c3c(cccc13)CC2. The van der Waals surface area contributed by atoms with E-state index in [0.29, 0.717) is 12.8 Å². The van der Waals surface area contributed by atoms with Crippen LogP contribution in [0.4, 0.5) is 0 Å². The molecule has 0 N–H and O–H groups in total. The van der Waals surface area contributed by atoms with E-state index in [-0.39, 0.29) is 5.78 Å². The molecule has 0 spiro atoms. The minimum absolute atomic E-state index is 0.0673. The molecule has 0 atom stereocenters. The van der Waals surface area contributed by atoms with E-state index >= 15 is 0 Å². The van der Waals surface area contributed by atoms with Crippen LogP contribution < -0.4 is 0 Å². The predicted octanol–water partition coefficient (Wildman–Crippen LogP) is 3.10. The Morgan fingerprint density at radius 1 is 1.11 bits per heavy atom. The van der Waals surface area contributed by atoms with Crippen molar-refractivity contribution in [2.75, 3.05) is 0 Å². The van der Waals surface area contributed by atoms with Gasteiger partial charge in [-0.3, -0.25) is 4.79 Å². The number of Topliss-reactive ketones (excluding diaryl/α,β-unsaturated/α-hetero) is 1. The monoisotopic (exact) mass is 238 g/mol. The maximum atomic E-state index is 12.1. The second-order valence-corrected chi connectivity index (χ2v) is 4.74. The first-order valence-electron chi connectivity index (χ1n) is 6.31. The van der Waals surface area contributed by atoms with E-state index < -0.39 is 0 Å². The van der Waals surface area contributed by atoms with Crippen LogP contribution in [0.3, 0.4) is 0 Å². The summed E-state index contributed by atoms with van der Waals surface area (Å²) in [7, 11) is 0. The van der Waals surface area contributed by atoms with Gasteiger partial charge in [-0.05, 0) is 34.7 Å². The summed E-state index contributed by atoms with van der Waals surface area (Å²) < 4.78 is 0. The van der Waals surface area contributed by atoms with Gasteiger partial charge < -0.3 is 4.79 Å². The summed E-state index contributed by atoms with van der Waals surface area (Å²) in [6.07, 6.45) is 3.55. The number of hydrogen-bond donors (Lipinski definition) is 0. The fraction of sp³-hybridized carbons (Fsp3) is 0.250. The van der Waals surface area contributed by atoms with Gasteiger partial charge in [-0.2, -0.15) is 0 Å². The Morgan fingerprint density at radius 2 is 1.89 bits per heavy atom. The Bertz CT molecular complexity index is 631. The number of carbonyl (C=O) groups is 2. The van der Waals surface area contributed by atoms with E-state index in [1.807, 2.05) is 18.2 Å². The molecule has 2 aromatic rings. The summed E-state index contributed by atoms with van der Waals surface area (Å²) in [4.78, 5) is 22.5. The molecule has 1 aliphatic rings. The quantitative estimate of drug-likeness (QED) is 0.606. The lowest BCUT2D eigenvalue weighted by molar-refractivity contribution is -0.107. The number of ketones is 1. The molecular weight excluding hydrogens is 224 g/mol. The molecule has 2 nitrogen and oxygen atoms in total. The summed E-state index contributed by atoms with van der Waals surface area (Å²) in [6.45, 7) is 0. The number of hydrogen-bond acceptors (Lipinski definition) is 2. The molecule has 0 amide bonds. The fourth-order valence-corrected chi connectivity index (χ4v) is 2.81. The van der Waals surface area contributed by atoms with E-state index in [2.05, 4.69) is 12.1 Å². The van der Waals surface area contributed by atoms with Gasteiger partial charge in [-0.25, -0.2) is 0 Å². The molecule has 18 heavy (non-hydrogen) atoms. The average Bonchev–Trinajstić information content (AvgIpc) is 2.82. The third kappa shape index (κ3) is 1.65. The zero-order chi connectivity index (χ0) is 12.5. The zero-order valence-electron chi connectivity index (χ0n) is 10.1. The third-order valence-corrected chi connectivity index (χ3v) is 3.67. The number of benzene rings is 2. The molecule has 3 rings (SSSR count). The Hall–Kier alpha value is -1.96. The maximum Gasteiger partial charge on any atom is 0.163 e. The largest absolute Gasteiger partial charge is 0.303 e. The molecular formula is C16H14O2. The number of rotatable bonds is 4. The zero-order valence-corrected chi connectivity index (χ0v) is 10.1. The van der Waals surface area contributed by atoms with Crippen LogP contribution in [0.5, 0.6) is 0 Å². The molecule has 1 aliphatic carbocycles. The van der Waals surface area contributed by atoms with Gasteiger partial charge in [-0.15, -0.1) is 0 Å². The molecule has 0 unspecified atom stereocenters. The minimum atomic E-state index is 0.0673. The van der Waals surface area contributed by atoms with Crippen molar-refractivity contribution >= 4 is 22.8 Å². The first kappa shape index (κ1) is 11.1. The van der Waals surface area contributed by atoms with Crippen LogP contribution >= 0.6 is 0 Å². The molecule has 0 aliphatic heterocycles. The Labute approximate surface area is 106 Å². The first-order valence-corrected chi connectivity index (χ1v) is 6.31. The summed E-state index contributed by atoms with van der Waals surface area (Å²) in [5.74, 6) is 0.0673. The van der Waals surface area contributed by atoms with Gasteiger partial charge in [0, 0.05) is 18.4 Å². The van der Waals surface area contributed by atoms with E-state index in [0.717, 1.165) is 30.1 Å². The van der Waals surface area contributed by atoms with Gasteiger partial charge in [0.25, 0.3) is 0 Å². The van der Waals surface area contributed by atoms with Crippen molar-refractivity contribution in [3.05, 3.63) is 47.0 Å². The fourth-order valence-electron chi connectivity index (χ4n) is 2.81. The Kier molecular flexibility index (Phi) is 2.71. The van der Waals surface area contributed by atoms with Crippen molar-refractivity contribution in [2.45, 2.75) is 25.7 Å². The van der Waals surface area contributed by atoms with Crippen LogP contribution in [0.15, 0.2) is 30.3 Å². The lowest BCUT2D eigenvalue weighted by Gasteiger charge is -2.07. The van der Waals surface area contributed by atoms with E-state index in [1.54, 1.807) is 0 Å². The summed E-state index contributed by atoms with van der Waals surface area (Å²) >= 11 is 0. The lowest BCUT2D eigenvalue weighted by atomic mass is 9.96. The second kappa shape index (κ2) is 4.37. The number of aryl methyl sites for hydroxylation is 2. The highest BCUT2D eigenvalue weighted by Gasteiger charge is 2.18. The molecule has 0 aromatic heterocycles. The lowest BCUT2D eigenvalue weighted by Crippen LogP contribution is -2.01. The highest BCUT2D eigenvalue weighted by molar-refractivity contribution is 6.10. The van der Waals surface area contributed by atoms with Crippen molar-refractivity contribution in [1.29, 1.82) is 0 Å². The van der Waals surface area contributed by atoms with Crippen LogP contribution in [0.1, 0.15) is 34.3 Å². The first-order chi connectivity index (χ1) is 8.81. The van der Waals surface area contributed by atoms with E-state index in [4.69, 9.17) is 0 Å². The highest BCUT2D eigenvalue weighted by atomic mass is 16.1. The molecule has 0 fully saturated rings. The number of carbonyl (C=O) groups excluding carboxylic acids is 2. The number of aldehydes is 1. The van der Waals surface area contributed by atoms with Crippen LogP contribution in [0.2, 0.25) is 0 Å². The summed E-state index contributed by atoms with van der Waals surface area (Å²) in [5, 5.41) is 2.31. The topological polar surface area (TPSA) is 34.1 Å².